The van der Waals surface area contributed by atoms with E-state index in [2.05, 4.69) is 26.5 Å². The first-order valence-corrected chi connectivity index (χ1v) is 8.37. The van der Waals surface area contributed by atoms with Gasteiger partial charge in [0.25, 0.3) is 5.91 Å². The second-order valence-corrected chi connectivity index (χ2v) is 5.91. The Morgan fingerprint density at radius 3 is 2.23 bits per heavy atom. The molecular formula is C18H19BrN2O5. The molecule has 1 N–H and O–H groups in total. The number of nitrogens with zero attached hydrogens (tertiary/aromatic N) is 1. The van der Waals surface area contributed by atoms with Crippen LogP contribution in [0, 0.1) is 0 Å². The molecule has 0 saturated carbocycles. The molecule has 0 aliphatic rings. The number of nitrogens with one attached hydrogen (secondary N) is 1. The van der Waals surface area contributed by atoms with Crippen molar-refractivity contribution in [3.8, 4) is 23.0 Å². The third-order valence-electron chi connectivity index (χ3n) is 3.27. The fourth-order valence-electron chi connectivity index (χ4n) is 2.07. The summed E-state index contributed by atoms with van der Waals surface area (Å²) in [4.78, 5) is 11.8. The number of ether oxygens (including phenoxy) is 4. The van der Waals surface area contributed by atoms with Gasteiger partial charge in [-0.3, -0.25) is 4.79 Å². The summed E-state index contributed by atoms with van der Waals surface area (Å²) in [7, 11) is 4.58. The first-order valence-electron chi connectivity index (χ1n) is 7.57. The number of carbonyl (C=O) groups is 1. The van der Waals surface area contributed by atoms with Gasteiger partial charge < -0.3 is 18.9 Å². The highest BCUT2D eigenvalue weighted by molar-refractivity contribution is 9.10. The lowest BCUT2D eigenvalue weighted by Gasteiger charge is -2.12. The number of benzene rings is 2. The SMILES string of the molecule is COc1cc(C=NNC(=O)COc2ccc(Br)cc2)cc(OC)c1OC. The molecule has 0 aromatic heterocycles. The van der Waals surface area contributed by atoms with Crippen LogP contribution in [0.25, 0.3) is 0 Å². The molecule has 0 aliphatic carbocycles. The molecule has 0 unspecified atom stereocenters. The Bertz CT molecular complexity index is 753. The van der Waals surface area contributed by atoms with Gasteiger partial charge in [-0.15, -0.1) is 0 Å². The van der Waals surface area contributed by atoms with E-state index in [0.717, 1.165) is 4.47 Å². The summed E-state index contributed by atoms with van der Waals surface area (Å²) in [6.07, 6.45) is 1.47. The van der Waals surface area contributed by atoms with Crippen LogP contribution in [0.1, 0.15) is 5.56 Å². The van der Waals surface area contributed by atoms with Gasteiger partial charge in [0.2, 0.25) is 5.75 Å². The van der Waals surface area contributed by atoms with Gasteiger partial charge in [0.05, 0.1) is 27.5 Å². The summed E-state index contributed by atoms with van der Waals surface area (Å²) in [6.45, 7) is -0.145. The average Bonchev–Trinajstić information content (AvgIpc) is 2.66. The van der Waals surface area contributed by atoms with E-state index in [1.165, 1.54) is 27.5 Å². The first-order chi connectivity index (χ1) is 12.6. The van der Waals surface area contributed by atoms with Crippen molar-refractivity contribution in [2.45, 2.75) is 0 Å². The number of carbonyl (C=O) groups excluding carboxylic acids is 1. The molecule has 0 heterocycles. The van der Waals surface area contributed by atoms with Crippen LogP contribution in [0.15, 0.2) is 46.0 Å². The zero-order chi connectivity index (χ0) is 18.9. The fraction of sp³-hybridized carbons (Fsp3) is 0.222. The van der Waals surface area contributed by atoms with Gasteiger partial charge in [-0.1, -0.05) is 15.9 Å². The van der Waals surface area contributed by atoms with Gasteiger partial charge >= 0.3 is 0 Å². The Morgan fingerprint density at radius 2 is 1.69 bits per heavy atom. The molecule has 0 saturated heterocycles. The molecule has 138 valence electrons. The first kappa shape index (κ1) is 19.6. The number of hydrogen-bond donors (Lipinski definition) is 1. The third-order valence-corrected chi connectivity index (χ3v) is 3.80. The van der Waals surface area contributed by atoms with E-state index < -0.39 is 0 Å². The predicted octanol–water partition coefficient (Wildman–Crippen LogP) is 3.00. The number of hydrazone groups is 1. The maximum absolute atomic E-state index is 11.8. The van der Waals surface area contributed by atoms with Crippen LogP contribution in [0.2, 0.25) is 0 Å². The minimum absolute atomic E-state index is 0.145. The summed E-state index contributed by atoms with van der Waals surface area (Å²) in [5.41, 5.74) is 3.07. The topological polar surface area (TPSA) is 78.4 Å². The molecule has 2 aromatic carbocycles. The molecule has 0 radical (unpaired) electrons. The Labute approximate surface area is 160 Å². The van der Waals surface area contributed by atoms with E-state index in [9.17, 15) is 4.79 Å². The van der Waals surface area contributed by atoms with Crippen LogP contribution in [0.3, 0.4) is 0 Å². The van der Waals surface area contributed by atoms with E-state index in [1.807, 2.05) is 12.1 Å². The minimum atomic E-state index is -0.378. The number of hydrogen-bond acceptors (Lipinski definition) is 6. The monoisotopic (exact) mass is 422 g/mol. The van der Waals surface area contributed by atoms with Crippen molar-refractivity contribution in [3.05, 3.63) is 46.4 Å². The lowest BCUT2D eigenvalue weighted by atomic mass is 10.2. The highest BCUT2D eigenvalue weighted by atomic mass is 79.9. The Morgan fingerprint density at radius 1 is 1.08 bits per heavy atom. The normalized spacial score (nSPS) is 10.5. The lowest BCUT2D eigenvalue weighted by Crippen LogP contribution is -2.24. The molecule has 8 heteroatoms. The second kappa shape index (κ2) is 9.67. The number of methoxy groups -OCH3 is 3. The molecule has 0 bridgehead atoms. The largest absolute Gasteiger partial charge is 0.493 e. The molecule has 26 heavy (non-hydrogen) atoms. The zero-order valence-electron chi connectivity index (χ0n) is 14.6. The molecule has 2 rings (SSSR count). The molecule has 1 amide bonds. The van der Waals surface area contributed by atoms with Crippen LogP contribution in [-0.2, 0) is 4.79 Å². The average molecular weight is 423 g/mol. The highest BCUT2D eigenvalue weighted by Gasteiger charge is 2.12. The Hall–Kier alpha value is -2.74. The smallest absolute Gasteiger partial charge is 0.277 e. The van der Waals surface area contributed by atoms with Crippen molar-refractivity contribution < 1.29 is 23.7 Å². The predicted molar refractivity (Wildman–Crippen MR) is 101 cm³/mol. The fourth-order valence-corrected chi connectivity index (χ4v) is 2.33. The van der Waals surface area contributed by atoms with Crippen LogP contribution in [0.5, 0.6) is 23.0 Å². The number of halogens is 1. The highest BCUT2D eigenvalue weighted by Crippen LogP contribution is 2.37. The van der Waals surface area contributed by atoms with Gasteiger partial charge in [0.1, 0.15) is 5.75 Å². The third kappa shape index (κ3) is 5.38. The summed E-state index contributed by atoms with van der Waals surface area (Å²) >= 11 is 3.33. The van der Waals surface area contributed by atoms with E-state index in [0.29, 0.717) is 28.6 Å². The second-order valence-electron chi connectivity index (χ2n) is 4.99. The molecular weight excluding hydrogens is 404 g/mol. The van der Waals surface area contributed by atoms with Crippen molar-refractivity contribution in [3.63, 3.8) is 0 Å². The van der Waals surface area contributed by atoms with E-state index >= 15 is 0 Å². The van der Waals surface area contributed by atoms with Gasteiger partial charge in [-0.2, -0.15) is 5.10 Å². The van der Waals surface area contributed by atoms with Crippen LogP contribution in [-0.4, -0.2) is 40.1 Å². The maximum Gasteiger partial charge on any atom is 0.277 e. The molecule has 2 aromatic rings. The summed E-state index contributed by atoms with van der Waals surface area (Å²) in [5.74, 6) is 1.70. The van der Waals surface area contributed by atoms with Crippen molar-refractivity contribution in [1.82, 2.24) is 5.43 Å². The zero-order valence-corrected chi connectivity index (χ0v) is 16.2. The number of rotatable bonds is 8. The molecule has 7 nitrogen and oxygen atoms in total. The number of amides is 1. The molecule has 0 fully saturated rings. The molecule has 0 atom stereocenters. The minimum Gasteiger partial charge on any atom is -0.493 e. The van der Waals surface area contributed by atoms with Gasteiger partial charge in [0, 0.05) is 10.0 Å². The van der Waals surface area contributed by atoms with E-state index in [4.69, 9.17) is 18.9 Å². The summed E-state index contributed by atoms with van der Waals surface area (Å²) in [5, 5.41) is 3.91. The van der Waals surface area contributed by atoms with Crippen LogP contribution >= 0.6 is 15.9 Å². The van der Waals surface area contributed by atoms with Crippen LogP contribution < -0.4 is 24.4 Å². The molecule has 0 aliphatic heterocycles. The van der Waals surface area contributed by atoms with E-state index in [-0.39, 0.29) is 12.5 Å². The summed E-state index contributed by atoms with van der Waals surface area (Å²) < 4.78 is 22.1. The Kier molecular flexibility index (Phi) is 7.28. The van der Waals surface area contributed by atoms with Crippen LogP contribution in [0.4, 0.5) is 0 Å². The van der Waals surface area contributed by atoms with Crippen molar-refractivity contribution in [2.75, 3.05) is 27.9 Å². The van der Waals surface area contributed by atoms with Gasteiger partial charge in [-0.05, 0) is 36.4 Å². The Balaban J connectivity index is 1.94. The molecule has 0 spiro atoms. The quantitative estimate of drug-likeness (QED) is 0.522. The van der Waals surface area contributed by atoms with Gasteiger partial charge in [0.15, 0.2) is 18.1 Å². The van der Waals surface area contributed by atoms with Crippen molar-refractivity contribution >= 4 is 28.1 Å². The van der Waals surface area contributed by atoms with Crippen molar-refractivity contribution in [1.29, 1.82) is 0 Å². The maximum atomic E-state index is 11.8. The van der Waals surface area contributed by atoms with Gasteiger partial charge in [-0.25, -0.2) is 5.43 Å². The standard InChI is InChI=1S/C18H19BrN2O5/c1-23-15-8-12(9-16(24-2)18(15)25-3)10-20-21-17(22)11-26-14-6-4-13(19)5-7-14/h4-10H,11H2,1-3H3,(H,21,22). The summed E-state index contributed by atoms with van der Waals surface area (Å²) in [6, 6.07) is 10.6. The lowest BCUT2D eigenvalue weighted by molar-refractivity contribution is -0.123. The van der Waals surface area contributed by atoms with Crippen molar-refractivity contribution in [2.24, 2.45) is 5.10 Å². The van der Waals surface area contributed by atoms with E-state index in [1.54, 1.807) is 24.3 Å².